The largest absolute Gasteiger partial charge is 0.394 e. The van der Waals surface area contributed by atoms with E-state index in [1.54, 1.807) is 6.08 Å². The summed E-state index contributed by atoms with van der Waals surface area (Å²) >= 11 is 0. The van der Waals surface area contributed by atoms with Gasteiger partial charge in [0.2, 0.25) is 5.91 Å². The van der Waals surface area contributed by atoms with Crippen LogP contribution in [-0.4, -0.2) is 87.5 Å². The second-order valence-corrected chi connectivity index (χ2v) is 20.4. The van der Waals surface area contributed by atoms with Crippen molar-refractivity contribution in [2.24, 2.45) is 0 Å². The maximum absolute atomic E-state index is 13.1. The number of rotatable bonds is 50. The summed E-state index contributed by atoms with van der Waals surface area (Å²) in [5.41, 5.74) is 0. The van der Waals surface area contributed by atoms with Crippen LogP contribution in [0.1, 0.15) is 200 Å². The van der Waals surface area contributed by atoms with E-state index in [2.05, 4.69) is 189 Å². The molecule has 0 radical (unpaired) electrons. The normalized spacial score (nSPS) is 19.8. The van der Waals surface area contributed by atoms with Crippen molar-refractivity contribution in [2.45, 2.75) is 243 Å². The Morgan fingerprint density at radius 1 is 0.438 bits per heavy atom. The van der Waals surface area contributed by atoms with Gasteiger partial charge in [-0.25, -0.2) is 0 Å². The van der Waals surface area contributed by atoms with Crippen LogP contribution >= 0.6 is 0 Å². The van der Waals surface area contributed by atoms with Crippen LogP contribution in [0.3, 0.4) is 0 Å². The van der Waals surface area contributed by atoms with Crippen LogP contribution in [0, 0.1) is 0 Å². The van der Waals surface area contributed by atoms with Crippen molar-refractivity contribution >= 4 is 5.91 Å². The van der Waals surface area contributed by atoms with Gasteiger partial charge in [0.25, 0.3) is 0 Å². The van der Waals surface area contributed by atoms with Gasteiger partial charge in [-0.3, -0.25) is 4.79 Å². The van der Waals surface area contributed by atoms with Crippen LogP contribution in [0.2, 0.25) is 0 Å². The molecule has 0 spiro atoms. The van der Waals surface area contributed by atoms with Crippen molar-refractivity contribution in [2.75, 3.05) is 13.2 Å². The summed E-state index contributed by atoms with van der Waals surface area (Å²) in [6.45, 7) is 3.59. The van der Waals surface area contributed by atoms with E-state index >= 15 is 0 Å². The van der Waals surface area contributed by atoms with Crippen molar-refractivity contribution in [3.05, 3.63) is 182 Å². The van der Waals surface area contributed by atoms with E-state index in [0.717, 1.165) is 128 Å². The molecular formula is C71H111NO8. The van der Waals surface area contributed by atoms with E-state index in [0.29, 0.717) is 19.3 Å². The highest BCUT2D eigenvalue weighted by atomic mass is 16.7. The van der Waals surface area contributed by atoms with Gasteiger partial charge in [0.05, 0.1) is 25.4 Å². The molecule has 1 saturated heterocycles. The van der Waals surface area contributed by atoms with Crippen LogP contribution in [0.5, 0.6) is 0 Å². The van der Waals surface area contributed by atoms with Crippen LogP contribution in [0.15, 0.2) is 182 Å². The number of carbonyl (C=O) groups is 1. The van der Waals surface area contributed by atoms with Gasteiger partial charge in [-0.15, -0.1) is 0 Å². The smallest absolute Gasteiger partial charge is 0.220 e. The molecule has 0 aromatic carbocycles. The van der Waals surface area contributed by atoms with E-state index < -0.39 is 49.5 Å². The van der Waals surface area contributed by atoms with Crippen molar-refractivity contribution in [1.29, 1.82) is 0 Å². The molecule has 7 unspecified atom stereocenters. The molecule has 9 heteroatoms. The van der Waals surface area contributed by atoms with E-state index in [4.69, 9.17) is 9.47 Å². The fraction of sp³-hybridized carbons (Fsp3) is 0.563. The van der Waals surface area contributed by atoms with Gasteiger partial charge in [0.1, 0.15) is 24.4 Å². The minimum Gasteiger partial charge on any atom is -0.394 e. The number of aliphatic hydroxyl groups is 5. The molecule has 1 aliphatic rings. The van der Waals surface area contributed by atoms with Crippen molar-refractivity contribution < 1.29 is 39.8 Å². The summed E-state index contributed by atoms with van der Waals surface area (Å²) in [5.74, 6) is -0.224. The summed E-state index contributed by atoms with van der Waals surface area (Å²) in [6.07, 6.45) is 86.8. The molecule has 1 aliphatic heterocycles. The first-order chi connectivity index (χ1) is 39.3. The highest BCUT2D eigenvalue weighted by molar-refractivity contribution is 5.76. The minimum absolute atomic E-state index is 0.224. The number of hydrogen-bond donors (Lipinski definition) is 6. The van der Waals surface area contributed by atoms with E-state index in [-0.39, 0.29) is 12.5 Å². The van der Waals surface area contributed by atoms with Crippen LogP contribution in [0.25, 0.3) is 0 Å². The number of nitrogens with one attached hydrogen (secondary N) is 1. The van der Waals surface area contributed by atoms with Gasteiger partial charge in [0.15, 0.2) is 6.29 Å². The number of hydrogen-bond acceptors (Lipinski definition) is 8. The Hall–Kier alpha value is -4.71. The maximum Gasteiger partial charge on any atom is 0.220 e. The SMILES string of the molecule is CC/C=C\C/C=C\C/C=C\C/C=C\C/C=C\C/C=C\C/C=C\C/C=C\C/C=C\C/C=C\C/C=C\C/C=C\CCCCCCC(=O)NC(COC1OC(CO)C(O)C(O)C1O)C(O)/C=C/CC/C=C/CC/C=C/CCCCCCCC. The highest BCUT2D eigenvalue weighted by Gasteiger charge is 2.44. The molecule has 1 heterocycles. The lowest BCUT2D eigenvalue weighted by Crippen LogP contribution is -2.60. The van der Waals surface area contributed by atoms with E-state index in [9.17, 15) is 30.3 Å². The number of carbonyl (C=O) groups excluding carboxylic acids is 1. The Labute approximate surface area is 487 Å². The zero-order valence-corrected chi connectivity index (χ0v) is 49.7. The van der Waals surface area contributed by atoms with E-state index in [1.807, 2.05) is 6.08 Å². The molecule has 448 valence electrons. The first kappa shape index (κ1) is 73.3. The molecule has 0 bridgehead atoms. The predicted molar refractivity (Wildman–Crippen MR) is 340 cm³/mol. The number of unbranched alkanes of at least 4 members (excludes halogenated alkanes) is 12. The number of ether oxygens (including phenoxy) is 2. The fourth-order valence-electron chi connectivity index (χ4n) is 8.34. The summed E-state index contributed by atoms with van der Waals surface area (Å²) < 4.78 is 11.2. The second-order valence-electron chi connectivity index (χ2n) is 20.4. The lowest BCUT2D eigenvalue weighted by molar-refractivity contribution is -0.302. The summed E-state index contributed by atoms with van der Waals surface area (Å²) in [6, 6.07) is -0.856. The summed E-state index contributed by atoms with van der Waals surface area (Å²) in [7, 11) is 0. The van der Waals surface area contributed by atoms with E-state index in [1.165, 1.54) is 38.5 Å². The lowest BCUT2D eigenvalue weighted by Gasteiger charge is -2.40. The quantitative estimate of drug-likeness (QED) is 0.0261. The molecule has 80 heavy (non-hydrogen) atoms. The zero-order chi connectivity index (χ0) is 57.9. The molecule has 0 aromatic heterocycles. The lowest BCUT2D eigenvalue weighted by atomic mass is 9.99. The molecule has 1 rings (SSSR count). The number of allylic oxidation sites excluding steroid dienone is 29. The summed E-state index contributed by atoms with van der Waals surface area (Å²) in [4.78, 5) is 13.1. The third kappa shape index (κ3) is 46.0. The van der Waals surface area contributed by atoms with Crippen molar-refractivity contribution in [3.8, 4) is 0 Å². The first-order valence-corrected chi connectivity index (χ1v) is 31.0. The summed E-state index contributed by atoms with van der Waals surface area (Å²) in [5, 5.41) is 54.4. The minimum atomic E-state index is -1.59. The van der Waals surface area contributed by atoms with Crippen molar-refractivity contribution in [3.63, 3.8) is 0 Å². The van der Waals surface area contributed by atoms with Gasteiger partial charge in [-0.2, -0.15) is 0 Å². The molecule has 0 aromatic rings. The third-order valence-corrected chi connectivity index (χ3v) is 13.2. The molecule has 9 nitrogen and oxygen atoms in total. The standard InChI is InChI=1S/C71H111NO8/c1-3-5-7-9-11-13-15-17-19-21-22-23-24-25-26-27-28-29-30-31-32-33-34-35-36-37-38-39-40-41-42-43-44-45-47-49-51-53-55-57-59-61-67(75)72-64(63-79-71-70(78)69(77)68(76)66(62-73)80-71)65(74)60-58-56-54-52-50-48-46-20-18-16-14-12-10-8-6-4-2/h5,7,11,13,17-20,22-23,25-26,28-29,31-32,34-35,37-38,40-41,43-44,47,49-50,52,58,60,64-66,68-71,73-74,76-78H,3-4,6,8-10,12,14-16,21,24,27,30,33,36,39,42,45-46,48,51,53-57,59,61-63H2,1-2H3,(H,72,75)/b7-5-,13-11-,19-17-,20-18+,23-22-,26-25-,29-28-,32-31-,35-34-,38-37-,41-40-,44-43-,49-47-,52-50+,60-58+. The average Bonchev–Trinajstić information content (AvgIpc) is 3.46. The molecule has 0 aliphatic carbocycles. The van der Waals surface area contributed by atoms with Gasteiger partial charge in [0, 0.05) is 6.42 Å². The topological polar surface area (TPSA) is 149 Å². The van der Waals surface area contributed by atoms with Crippen molar-refractivity contribution in [1.82, 2.24) is 5.32 Å². The molecule has 1 fully saturated rings. The number of aliphatic hydroxyl groups excluding tert-OH is 5. The second kappa shape index (κ2) is 57.5. The Bertz CT molecular complexity index is 1910. The average molecular weight is 1110 g/mol. The monoisotopic (exact) mass is 1110 g/mol. The fourth-order valence-corrected chi connectivity index (χ4v) is 8.34. The van der Waals surface area contributed by atoms with Gasteiger partial charge in [-0.1, -0.05) is 241 Å². The molecular weight excluding hydrogens is 995 g/mol. The Morgan fingerprint density at radius 3 is 1.20 bits per heavy atom. The third-order valence-electron chi connectivity index (χ3n) is 13.2. The van der Waals surface area contributed by atoms with Crippen LogP contribution in [0.4, 0.5) is 0 Å². The van der Waals surface area contributed by atoms with Crippen LogP contribution in [-0.2, 0) is 14.3 Å². The molecule has 6 N–H and O–H groups in total. The highest BCUT2D eigenvalue weighted by Crippen LogP contribution is 2.22. The Morgan fingerprint density at radius 2 is 0.787 bits per heavy atom. The Balaban J connectivity index is 2.23. The van der Waals surface area contributed by atoms with Gasteiger partial charge in [-0.05, 0) is 135 Å². The maximum atomic E-state index is 13.1. The van der Waals surface area contributed by atoms with Crippen LogP contribution < -0.4 is 5.32 Å². The Kier molecular flexibility index (Phi) is 52.7. The first-order valence-electron chi connectivity index (χ1n) is 31.0. The van der Waals surface area contributed by atoms with Gasteiger partial charge < -0.3 is 40.3 Å². The molecule has 1 amide bonds. The zero-order valence-electron chi connectivity index (χ0n) is 49.7. The number of amides is 1. The van der Waals surface area contributed by atoms with Gasteiger partial charge >= 0.3 is 0 Å². The molecule has 7 atom stereocenters. The predicted octanol–water partition coefficient (Wildman–Crippen LogP) is 16.3. The molecule has 0 saturated carbocycles.